The molecule has 2 heteroatoms. The number of fused-ring (bicyclic) bond motifs is 1. The minimum Gasteiger partial charge on any atom is -0.461 e. The molecule has 0 spiro atoms. The Labute approximate surface area is 109 Å². The predicted octanol–water partition coefficient (Wildman–Crippen LogP) is 3.78. The largest absolute Gasteiger partial charge is 0.461 e. The van der Waals surface area contributed by atoms with Crippen LogP contribution in [-0.4, -0.2) is 5.78 Å². The average Bonchev–Trinajstić information content (AvgIpc) is 2.25. The van der Waals surface area contributed by atoms with Crippen molar-refractivity contribution in [3.63, 3.8) is 0 Å². The molecule has 0 saturated carbocycles. The molecule has 0 saturated heterocycles. The first-order valence-electron chi connectivity index (χ1n) is 6.31. The van der Waals surface area contributed by atoms with Gasteiger partial charge in [-0.05, 0) is 36.5 Å². The van der Waals surface area contributed by atoms with E-state index in [0.29, 0.717) is 6.42 Å². The van der Waals surface area contributed by atoms with Gasteiger partial charge in [-0.3, -0.25) is 4.79 Å². The van der Waals surface area contributed by atoms with Gasteiger partial charge in [-0.2, -0.15) is 0 Å². The Hall–Kier alpha value is -1.57. The van der Waals surface area contributed by atoms with Crippen LogP contribution in [0.4, 0.5) is 0 Å². The minimum absolute atomic E-state index is 0.0966. The van der Waals surface area contributed by atoms with Gasteiger partial charge in [-0.25, -0.2) is 0 Å². The molecule has 2 rings (SSSR count). The van der Waals surface area contributed by atoms with Gasteiger partial charge in [0.2, 0.25) is 0 Å². The third-order valence-corrected chi connectivity index (χ3v) is 3.41. The Morgan fingerprint density at radius 1 is 1.28 bits per heavy atom. The molecule has 1 aliphatic rings. The van der Waals surface area contributed by atoms with E-state index in [4.69, 9.17) is 4.74 Å². The van der Waals surface area contributed by atoms with Crippen molar-refractivity contribution in [2.45, 2.75) is 46.5 Å². The lowest BCUT2D eigenvalue weighted by atomic mass is 9.84. The van der Waals surface area contributed by atoms with Crippen LogP contribution in [0.2, 0.25) is 0 Å². The lowest BCUT2D eigenvalue weighted by Crippen LogP contribution is -2.16. The summed E-state index contributed by atoms with van der Waals surface area (Å²) in [5.41, 5.74) is 3.28. The summed E-state index contributed by atoms with van der Waals surface area (Å²) in [7, 11) is 0. The second-order valence-corrected chi connectivity index (χ2v) is 5.94. The third kappa shape index (κ3) is 2.33. The summed E-state index contributed by atoms with van der Waals surface area (Å²) < 4.78 is 5.73. The number of ketones is 1. The van der Waals surface area contributed by atoms with E-state index in [0.717, 1.165) is 22.6 Å². The van der Waals surface area contributed by atoms with E-state index in [2.05, 4.69) is 32.9 Å². The molecular weight excluding hydrogens is 224 g/mol. The molecule has 2 nitrogen and oxygen atoms in total. The fraction of sp³-hybridized carbons (Fsp3) is 0.438. The summed E-state index contributed by atoms with van der Waals surface area (Å²) in [6.07, 6.45) is 0.681. The van der Waals surface area contributed by atoms with Gasteiger partial charge < -0.3 is 4.74 Å². The summed E-state index contributed by atoms with van der Waals surface area (Å²) in [5, 5.41) is 0. The second-order valence-electron chi connectivity index (χ2n) is 5.94. The second kappa shape index (κ2) is 4.27. The fourth-order valence-corrected chi connectivity index (χ4v) is 2.20. The van der Waals surface area contributed by atoms with Gasteiger partial charge in [-0.1, -0.05) is 32.9 Å². The number of ether oxygens (including phenoxy) is 1. The number of hydrogen-bond acceptors (Lipinski definition) is 2. The number of Topliss-reactive ketones (excluding diaryl/α,β-unsaturated/α-hetero) is 1. The zero-order valence-corrected chi connectivity index (χ0v) is 11.8. The first-order chi connectivity index (χ1) is 8.29. The van der Waals surface area contributed by atoms with E-state index in [9.17, 15) is 4.79 Å². The molecule has 1 aromatic rings. The summed E-state index contributed by atoms with van der Waals surface area (Å²) in [6, 6.07) is 6.27. The van der Waals surface area contributed by atoms with Crippen LogP contribution >= 0.6 is 0 Å². The molecule has 0 aliphatic carbocycles. The molecule has 0 fully saturated rings. The van der Waals surface area contributed by atoms with E-state index < -0.39 is 0 Å². The van der Waals surface area contributed by atoms with E-state index in [1.807, 2.05) is 13.0 Å². The van der Waals surface area contributed by atoms with Crippen molar-refractivity contribution in [2.24, 2.45) is 0 Å². The van der Waals surface area contributed by atoms with Crippen LogP contribution in [0.5, 0.6) is 5.75 Å². The Morgan fingerprint density at radius 3 is 2.50 bits per heavy atom. The molecular formula is C16H20O2. The highest BCUT2D eigenvalue weighted by Crippen LogP contribution is 2.34. The molecule has 0 unspecified atom stereocenters. The van der Waals surface area contributed by atoms with Crippen molar-refractivity contribution >= 4 is 5.78 Å². The van der Waals surface area contributed by atoms with Crippen LogP contribution in [0.15, 0.2) is 29.5 Å². The molecule has 0 radical (unpaired) electrons. The summed E-state index contributed by atoms with van der Waals surface area (Å²) in [4.78, 5) is 11.6. The quantitative estimate of drug-likeness (QED) is 0.751. The first-order valence-corrected chi connectivity index (χ1v) is 6.31. The first kappa shape index (κ1) is 12.9. The SMILES string of the molecule is CC(=O)C1=C(C)Oc2ccc(C(C)(C)C)cc2C1. The van der Waals surface area contributed by atoms with Gasteiger partial charge in [0.15, 0.2) is 5.78 Å². The zero-order chi connectivity index (χ0) is 13.5. The van der Waals surface area contributed by atoms with Crippen LogP contribution in [0.1, 0.15) is 45.7 Å². The number of benzene rings is 1. The predicted molar refractivity (Wildman–Crippen MR) is 72.9 cm³/mol. The minimum atomic E-state index is 0.0966. The molecule has 0 bridgehead atoms. The Kier molecular flexibility index (Phi) is 3.05. The highest BCUT2D eigenvalue weighted by molar-refractivity contribution is 5.94. The molecule has 1 aliphatic heterocycles. The van der Waals surface area contributed by atoms with Crippen molar-refractivity contribution in [1.29, 1.82) is 0 Å². The van der Waals surface area contributed by atoms with Gasteiger partial charge in [-0.15, -0.1) is 0 Å². The smallest absolute Gasteiger partial charge is 0.159 e. The summed E-state index contributed by atoms with van der Waals surface area (Å²) >= 11 is 0. The topological polar surface area (TPSA) is 26.3 Å². The van der Waals surface area contributed by atoms with E-state index >= 15 is 0 Å². The number of hydrogen-bond donors (Lipinski definition) is 0. The Bertz CT molecular complexity index is 531. The Morgan fingerprint density at radius 2 is 1.94 bits per heavy atom. The fourth-order valence-electron chi connectivity index (χ4n) is 2.20. The lowest BCUT2D eigenvalue weighted by Gasteiger charge is -2.24. The van der Waals surface area contributed by atoms with E-state index in [1.165, 1.54) is 5.56 Å². The normalized spacial score (nSPS) is 15.2. The maximum absolute atomic E-state index is 11.6. The number of rotatable bonds is 1. The van der Waals surface area contributed by atoms with Crippen molar-refractivity contribution in [1.82, 2.24) is 0 Å². The van der Waals surface area contributed by atoms with Gasteiger partial charge >= 0.3 is 0 Å². The van der Waals surface area contributed by atoms with Crippen LogP contribution < -0.4 is 4.74 Å². The molecule has 1 heterocycles. The summed E-state index contributed by atoms with van der Waals surface area (Å²) in [5.74, 6) is 1.71. The van der Waals surface area contributed by atoms with Crippen LogP contribution in [0, 0.1) is 0 Å². The van der Waals surface area contributed by atoms with Gasteiger partial charge in [0.25, 0.3) is 0 Å². The lowest BCUT2D eigenvalue weighted by molar-refractivity contribution is -0.113. The van der Waals surface area contributed by atoms with Gasteiger partial charge in [0.05, 0.1) is 0 Å². The standard InChI is InChI=1S/C16H20O2/c1-10(17)14-9-12-8-13(16(3,4)5)6-7-15(12)18-11(14)2/h6-8H,9H2,1-5H3. The molecule has 0 aromatic heterocycles. The van der Waals surface area contributed by atoms with Crippen molar-refractivity contribution in [3.05, 3.63) is 40.7 Å². The third-order valence-electron chi connectivity index (χ3n) is 3.41. The highest BCUT2D eigenvalue weighted by atomic mass is 16.5. The monoisotopic (exact) mass is 244 g/mol. The number of carbonyl (C=O) groups excluding carboxylic acids is 1. The van der Waals surface area contributed by atoms with Crippen LogP contribution in [0.3, 0.4) is 0 Å². The molecule has 18 heavy (non-hydrogen) atoms. The van der Waals surface area contributed by atoms with Gasteiger partial charge in [0, 0.05) is 12.0 Å². The maximum Gasteiger partial charge on any atom is 0.159 e. The van der Waals surface area contributed by atoms with E-state index in [1.54, 1.807) is 6.92 Å². The van der Waals surface area contributed by atoms with Gasteiger partial charge in [0.1, 0.15) is 11.5 Å². The van der Waals surface area contributed by atoms with E-state index in [-0.39, 0.29) is 11.2 Å². The number of carbonyl (C=O) groups is 1. The highest BCUT2D eigenvalue weighted by Gasteiger charge is 2.22. The van der Waals surface area contributed by atoms with Crippen LogP contribution in [0.25, 0.3) is 0 Å². The van der Waals surface area contributed by atoms with Crippen LogP contribution in [-0.2, 0) is 16.6 Å². The molecule has 0 amide bonds. The van der Waals surface area contributed by atoms with Crippen molar-refractivity contribution in [3.8, 4) is 5.75 Å². The molecule has 0 N–H and O–H groups in total. The molecule has 0 atom stereocenters. The maximum atomic E-state index is 11.6. The average molecular weight is 244 g/mol. The zero-order valence-electron chi connectivity index (χ0n) is 11.8. The molecule has 96 valence electrons. The van der Waals surface area contributed by atoms with Crippen molar-refractivity contribution < 1.29 is 9.53 Å². The number of allylic oxidation sites excluding steroid dienone is 2. The summed E-state index contributed by atoms with van der Waals surface area (Å²) in [6.45, 7) is 10.0. The van der Waals surface area contributed by atoms with Crippen molar-refractivity contribution in [2.75, 3.05) is 0 Å². The molecule has 1 aromatic carbocycles. The Balaban J connectivity index is 2.42.